The Morgan fingerprint density at radius 2 is 2.00 bits per heavy atom. The quantitative estimate of drug-likeness (QED) is 0.618. The summed E-state index contributed by atoms with van der Waals surface area (Å²) in [5.41, 5.74) is -0.242. The van der Waals surface area contributed by atoms with Gasteiger partial charge in [0, 0.05) is 11.5 Å². The van der Waals surface area contributed by atoms with Crippen molar-refractivity contribution in [2.45, 2.75) is 50.9 Å². The van der Waals surface area contributed by atoms with Crippen LogP contribution in [0.25, 0.3) is 0 Å². The molecule has 0 aliphatic heterocycles. The molecule has 2 N–H and O–H groups in total. The number of nitrogens with one attached hydrogen (secondary N) is 2. The van der Waals surface area contributed by atoms with Crippen LogP contribution in [0, 0.1) is 5.92 Å². The van der Waals surface area contributed by atoms with Crippen LogP contribution >= 0.6 is 23.1 Å². The van der Waals surface area contributed by atoms with E-state index in [0.717, 1.165) is 6.42 Å². The summed E-state index contributed by atoms with van der Waals surface area (Å²) in [5, 5.41) is 13.9. The van der Waals surface area contributed by atoms with E-state index in [4.69, 9.17) is 0 Å². The highest BCUT2D eigenvalue weighted by molar-refractivity contribution is 8.01. The lowest BCUT2D eigenvalue weighted by Gasteiger charge is -2.19. The van der Waals surface area contributed by atoms with Gasteiger partial charge in [0.2, 0.25) is 16.9 Å². The molecule has 0 radical (unpaired) electrons. The summed E-state index contributed by atoms with van der Waals surface area (Å²) < 4.78 is 0.665. The molecule has 0 aliphatic carbocycles. The first-order valence-electron chi connectivity index (χ1n) is 6.79. The Morgan fingerprint density at radius 1 is 1.33 bits per heavy atom. The molecule has 0 aromatic carbocycles. The van der Waals surface area contributed by atoms with Gasteiger partial charge in [0.1, 0.15) is 0 Å². The Morgan fingerprint density at radius 3 is 2.57 bits per heavy atom. The lowest BCUT2D eigenvalue weighted by atomic mass is 10.1. The van der Waals surface area contributed by atoms with Gasteiger partial charge in [0.05, 0.1) is 5.75 Å². The number of carbonyl (C=O) groups excluding carboxylic acids is 2. The monoisotopic (exact) mass is 330 g/mol. The van der Waals surface area contributed by atoms with Crippen molar-refractivity contribution in [3.63, 3.8) is 0 Å². The molecule has 1 aromatic rings. The van der Waals surface area contributed by atoms with Gasteiger partial charge in [0.25, 0.3) is 0 Å². The maximum absolute atomic E-state index is 11.7. The Labute approximate surface area is 133 Å². The van der Waals surface area contributed by atoms with Crippen LogP contribution in [0.4, 0.5) is 5.13 Å². The number of amides is 2. The lowest BCUT2D eigenvalue weighted by molar-refractivity contribution is -0.120. The van der Waals surface area contributed by atoms with Crippen LogP contribution in [-0.2, 0) is 9.59 Å². The molecular weight excluding hydrogens is 308 g/mol. The number of rotatable bonds is 6. The molecule has 0 spiro atoms. The summed E-state index contributed by atoms with van der Waals surface area (Å²) in [6, 6.07) is 0. The van der Waals surface area contributed by atoms with Crippen LogP contribution in [0.3, 0.4) is 0 Å². The normalized spacial score (nSPS) is 12.8. The first-order chi connectivity index (χ1) is 9.71. The van der Waals surface area contributed by atoms with Crippen molar-refractivity contribution in [1.82, 2.24) is 15.5 Å². The Balaban J connectivity index is 2.45. The summed E-state index contributed by atoms with van der Waals surface area (Å²) >= 11 is 2.59. The second kappa shape index (κ2) is 7.74. The smallest absolute Gasteiger partial charge is 0.230 e. The van der Waals surface area contributed by atoms with E-state index in [1.807, 2.05) is 34.6 Å². The summed E-state index contributed by atoms with van der Waals surface area (Å²) in [6.07, 6.45) is 0.777. The SMILES string of the molecule is CC[C@H](C)C(=O)Nc1nnc(SCC(=O)NC(C)(C)C)s1. The molecule has 0 unspecified atom stereocenters. The molecule has 0 bridgehead atoms. The second-order valence-electron chi connectivity index (χ2n) is 5.76. The first kappa shape index (κ1) is 17.9. The Bertz CT molecular complexity index is 497. The molecule has 118 valence electrons. The lowest BCUT2D eigenvalue weighted by Crippen LogP contribution is -2.41. The third-order valence-electron chi connectivity index (χ3n) is 2.54. The fourth-order valence-corrected chi connectivity index (χ4v) is 2.87. The molecule has 0 aliphatic rings. The molecule has 1 atom stereocenters. The number of hydrogen-bond donors (Lipinski definition) is 2. The minimum absolute atomic E-state index is 0.0482. The van der Waals surface area contributed by atoms with Gasteiger partial charge in [-0.15, -0.1) is 10.2 Å². The minimum Gasteiger partial charge on any atom is -0.351 e. The largest absolute Gasteiger partial charge is 0.351 e. The van der Waals surface area contributed by atoms with Gasteiger partial charge in [-0.05, 0) is 27.2 Å². The highest BCUT2D eigenvalue weighted by Crippen LogP contribution is 2.25. The topological polar surface area (TPSA) is 84.0 Å². The number of hydrogen-bond acceptors (Lipinski definition) is 6. The van der Waals surface area contributed by atoms with E-state index >= 15 is 0 Å². The zero-order chi connectivity index (χ0) is 16.0. The molecule has 1 aromatic heterocycles. The molecule has 0 fully saturated rings. The van der Waals surface area contributed by atoms with Gasteiger partial charge in [-0.1, -0.05) is 36.9 Å². The molecule has 2 amide bonds. The van der Waals surface area contributed by atoms with Crippen molar-refractivity contribution in [2.75, 3.05) is 11.1 Å². The standard InChI is InChI=1S/C13H22N4O2S2/c1-6-8(2)10(19)14-11-16-17-12(21-11)20-7-9(18)15-13(3,4)5/h8H,6-7H2,1-5H3,(H,15,18)(H,14,16,19)/t8-/m0/s1. The number of carbonyl (C=O) groups is 2. The van der Waals surface area contributed by atoms with Crippen molar-refractivity contribution in [1.29, 1.82) is 0 Å². The minimum atomic E-state index is -0.242. The molecule has 21 heavy (non-hydrogen) atoms. The third kappa shape index (κ3) is 6.90. The van der Waals surface area contributed by atoms with Crippen LogP contribution in [0.5, 0.6) is 0 Å². The van der Waals surface area contributed by atoms with Gasteiger partial charge in [0.15, 0.2) is 4.34 Å². The first-order valence-corrected chi connectivity index (χ1v) is 8.59. The molecular formula is C13H22N4O2S2. The van der Waals surface area contributed by atoms with Crippen LogP contribution in [0.15, 0.2) is 4.34 Å². The van der Waals surface area contributed by atoms with Crippen molar-refractivity contribution < 1.29 is 9.59 Å². The highest BCUT2D eigenvalue weighted by Gasteiger charge is 2.16. The van der Waals surface area contributed by atoms with Gasteiger partial charge in [-0.25, -0.2) is 0 Å². The van der Waals surface area contributed by atoms with Crippen LogP contribution in [-0.4, -0.2) is 33.3 Å². The average Bonchev–Trinajstić information content (AvgIpc) is 2.81. The van der Waals surface area contributed by atoms with Gasteiger partial charge < -0.3 is 10.6 Å². The predicted molar refractivity (Wildman–Crippen MR) is 86.6 cm³/mol. The zero-order valence-corrected chi connectivity index (χ0v) is 14.7. The maximum atomic E-state index is 11.7. The number of nitrogens with zero attached hydrogens (tertiary/aromatic N) is 2. The molecule has 8 heteroatoms. The van der Waals surface area contributed by atoms with Crippen molar-refractivity contribution in [3.05, 3.63) is 0 Å². The van der Waals surface area contributed by atoms with Crippen LogP contribution in [0.1, 0.15) is 41.0 Å². The van der Waals surface area contributed by atoms with Crippen molar-refractivity contribution in [3.8, 4) is 0 Å². The van der Waals surface area contributed by atoms with Gasteiger partial charge in [-0.2, -0.15) is 0 Å². The number of anilines is 1. The summed E-state index contributed by atoms with van der Waals surface area (Å²) in [5.74, 6) is 0.122. The number of thioether (sulfide) groups is 1. The van der Waals surface area contributed by atoms with E-state index in [1.54, 1.807) is 0 Å². The van der Waals surface area contributed by atoms with E-state index in [9.17, 15) is 9.59 Å². The summed E-state index contributed by atoms with van der Waals surface area (Å²) in [6.45, 7) is 9.62. The van der Waals surface area contributed by atoms with E-state index in [-0.39, 0.29) is 29.0 Å². The van der Waals surface area contributed by atoms with Gasteiger partial charge >= 0.3 is 0 Å². The summed E-state index contributed by atoms with van der Waals surface area (Å²) in [4.78, 5) is 23.4. The average molecular weight is 330 g/mol. The van der Waals surface area contributed by atoms with E-state index in [2.05, 4.69) is 20.8 Å². The van der Waals surface area contributed by atoms with Crippen LogP contribution in [0.2, 0.25) is 0 Å². The Hall–Kier alpha value is -1.15. The van der Waals surface area contributed by atoms with Gasteiger partial charge in [-0.3, -0.25) is 9.59 Å². The third-order valence-corrected chi connectivity index (χ3v) is 4.51. The zero-order valence-electron chi connectivity index (χ0n) is 13.0. The van der Waals surface area contributed by atoms with Crippen molar-refractivity contribution >= 4 is 40.0 Å². The molecule has 0 saturated carbocycles. The number of aromatic nitrogens is 2. The molecule has 1 rings (SSSR count). The fourth-order valence-electron chi connectivity index (χ4n) is 1.31. The molecule has 1 heterocycles. The molecule has 6 nitrogen and oxygen atoms in total. The highest BCUT2D eigenvalue weighted by atomic mass is 32.2. The second-order valence-corrected chi connectivity index (χ2v) is 7.96. The maximum Gasteiger partial charge on any atom is 0.230 e. The van der Waals surface area contributed by atoms with Crippen molar-refractivity contribution in [2.24, 2.45) is 5.92 Å². The Kier molecular flexibility index (Phi) is 6.60. The predicted octanol–water partition coefficient (Wildman–Crippen LogP) is 2.53. The molecule has 0 saturated heterocycles. The van der Waals surface area contributed by atoms with E-state index in [1.165, 1.54) is 23.1 Å². The fraction of sp³-hybridized carbons (Fsp3) is 0.692. The van der Waals surface area contributed by atoms with E-state index in [0.29, 0.717) is 9.47 Å². The summed E-state index contributed by atoms with van der Waals surface area (Å²) in [7, 11) is 0. The van der Waals surface area contributed by atoms with Crippen LogP contribution < -0.4 is 10.6 Å². The van der Waals surface area contributed by atoms with E-state index < -0.39 is 0 Å².